The molecule has 0 amide bonds. The summed E-state index contributed by atoms with van der Waals surface area (Å²) in [6.07, 6.45) is 3.46. The van der Waals surface area contributed by atoms with Gasteiger partial charge in [-0.2, -0.15) is 0 Å². The fourth-order valence-corrected chi connectivity index (χ4v) is 1.94. The summed E-state index contributed by atoms with van der Waals surface area (Å²) in [6, 6.07) is 2.55. The SMILES string of the molecule is CNCc1cc(F)c(OCCn2ccnc2C)c(F)c1. The van der Waals surface area contributed by atoms with Crippen LogP contribution in [0.25, 0.3) is 0 Å². The molecule has 6 heteroatoms. The van der Waals surface area contributed by atoms with E-state index in [4.69, 9.17) is 4.74 Å². The molecule has 0 atom stereocenters. The minimum absolute atomic E-state index is 0.177. The zero-order valence-electron chi connectivity index (χ0n) is 11.5. The molecule has 2 rings (SSSR count). The van der Waals surface area contributed by atoms with Crippen molar-refractivity contribution >= 4 is 0 Å². The van der Waals surface area contributed by atoms with Gasteiger partial charge in [-0.1, -0.05) is 0 Å². The molecule has 1 aromatic carbocycles. The van der Waals surface area contributed by atoms with E-state index in [0.717, 1.165) is 5.82 Å². The van der Waals surface area contributed by atoms with E-state index in [1.54, 1.807) is 19.4 Å². The number of ether oxygens (including phenoxy) is 1. The van der Waals surface area contributed by atoms with Gasteiger partial charge in [0.15, 0.2) is 17.4 Å². The van der Waals surface area contributed by atoms with Gasteiger partial charge in [0.1, 0.15) is 12.4 Å². The van der Waals surface area contributed by atoms with Gasteiger partial charge in [0.25, 0.3) is 0 Å². The molecule has 1 aromatic heterocycles. The van der Waals surface area contributed by atoms with Crippen molar-refractivity contribution in [2.75, 3.05) is 13.7 Å². The lowest BCUT2D eigenvalue weighted by Crippen LogP contribution is -2.11. The molecule has 0 bridgehead atoms. The molecule has 0 spiro atoms. The van der Waals surface area contributed by atoms with Crippen molar-refractivity contribution in [2.24, 2.45) is 0 Å². The van der Waals surface area contributed by atoms with Crippen molar-refractivity contribution in [2.45, 2.75) is 20.0 Å². The van der Waals surface area contributed by atoms with Crippen molar-refractivity contribution in [1.82, 2.24) is 14.9 Å². The standard InChI is InChI=1S/C14H17F2N3O/c1-10-18-3-4-19(10)5-6-20-14-12(15)7-11(9-17-2)8-13(14)16/h3-4,7-8,17H,5-6,9H2,1-2H3. The maximum Gasteiger partial charge on any atom is 0.190 e. The van der Waals surface area contributed by atoms with E-state index < -0.39 is 11.6 Å². The highest BCUT2D eigenvalue weighted by Gasteiger charge is 2.12. The van der Waals surface area contributed by atoms with E-state index in [0.29, 0.717) is 18.7 Å². The molecule has 0 aliphatic heterocycles. The van der Waals surface area contributed by atoms with Gasteiger partial charge in [-0.15, -0.1) is 0 Å². The first-order valence-electron chi connectivity index (χ1n) is 6.35. The first-order chi connectivity index (χ1) is 9.61. The fourth-order valence-electron chi connectivity index (χ4n) is 1.94. The number of nitrogens with zero attached hydrogens (tertiary/aromatic N) is 2. The van der Waals surface area contributed by atoms with Crippen molar-refractivity contribution in [3.63, 3.8) is 0 Å². The molecular weight excluding hydrogens is 264 g/mol. The summed E-state index contributed by atoms with van der Waals surface area (Å²) in [5, 5.41) is 2.84. The predicted molar refractivity (Wildman–Crippen MR) is 71.6 cm³/mol. The Hall–Kier alpha value is -1.95. The van der Waals surface area contributed by atoms with Crippen molar-refractivity contribution in [3.8, 4) is 5.75 Å². The van der Waals surface area contributed by atoms with Crippen LogP contribution in [0.4, 0.5) is 8.78 Å². The molecule has 2 aromatic rings. The Bertz CT molecular complexity index is 561. The van der Waals surface area contributed by atoms with Crippen molar-refractivity contribution < 1.29 is 13.5 Å². The van der Waals surface area contributed by atoms with Crippen LogP contribution in [0.3, 0.4) is 0 Å². The molecule has 0 unspecified atom stereocenters. The van der Waals surface area contributed by atoms with Gasteiger partial charge in [0.05, 0.1) is 6.54 Å². The molecule has 0 fully saturated rings. The molecule has 0 aliphatic rings. The fraction of sp³-hybridized carbons (Fsp3) is 0.357. The summed E-state index contributed by atoms with van der Waals surface area (Å²) in [5.74, 6) is -0.864. The van der Waals surface area contributed by atoms with Gasteiger partial charge in [-0.05, 0) is 31.7 Å². The number of hydrogen-bond acceptors (Lipinski definition) is 3. The van der Waals surface area contributed by atoms with Crippen LogP contribution < -0.4 is 10.1 Å². The van der Waals surface area contributed by atoms with Crippen LogP contribution in [-0.4, -0.2) is 23.2 Å². The molecule has 0 radical (unpaired) electrons. The molecule has 108 valence electrons. The second kappa shape index (κ2) is 6.47. The number of hydrogen-bond donors (Lipinski definition) is 1. The predicted octanol–water partition coefficient (Wildman–Crippen LogP) is 2.27. The number of imidazole rings is 1. The summed E-state index contributed by atoms with van der Waals surface area (Å²) in [6.45, 7) is 2.93. The number of aryl methyl sites for hydroxylation is 1. The average molecular weight is 281 g/mol. The summed E-state index contributed by atoms with van der Waals surface area (Å²) in [7, 11) is 1.72. The third-order valence-electron chi connectivity index (χ3n) is 2.94. The lowest BCUT2D eigenvalue weighted by molar-refractivity contribution is 0.268. The van der Waals surface area contributed by atoms with E-state index in [1.165, 1.54) is 12.1 Å². The Morgan fingerprint density at radius 1 is 1.30 bits per heavy atom. The van der Waals surface area contributed by atoms with Gasteiger partial charge in [-0.25, -0.2) is 13.8 Å². The lowest BCUT2D eigenvalue weighted by Gasteiger charge is -2.11. The van der Waals surface area contributed by atoms with Gasteiger partial charge in [0, 0.05) is 18.9 Å². The molecule has 4 nitrogen and oxygen atoms in total. The Kier molecular flexibility index (Phi) is 4.68. The summed E-state index contributed by atoms with van der Waals surface area (Å²) in [5.41, 5.74) is 0.542. The third kappa shape index (κ3) is 3.33. The second-order valence-corrected chi connectivity index (χ2v) is 4.44. The number of aromatic nitrogens is 2. The molecule has 1 N–H and O–H groups in total. The van der Waals surface area contributed by atoms with E-state index >= 15 is 0 Å². The lowest BCUT2D eigenvalue weighted by atomic mass is 10.2. The van der Waals surface area contributed by atoms with E-state index in [9.17, 15) is 8.78 Å². The van der Waals surface area contributed by atoms with Crippen LogP contribution in [0.2, 0.25) is 0 Å². The topological polar surface area (TPSA) is 39.1 Å². The molecule has 20 heavy (non-hydrogen) atoms. The second-order valence-electron chi connectivity index (χ2n) is 4.44. The van der Waals surface area contributed by atoms with Gasteiger partial charge < -0.3 is 14.6 Å². The average Bonchev–Trinajstić information content (AvgIpc) is 2.79. The minimum Gasteiger partial charge on any atom is -0.486 e. The smallest absolute Gasteiger partial charge is 0.190 e. The largest absolute Gasteiger partial charge is 0.486 e. The first kappa shape index (κ1) is 14.5. The first-order valence-corrected chi connectivity index (χ1v) is 6.35. The van der Waals surface area contributed by atoms with Crippen LogP contribution in [0.15, 0.2) is 24.5 Å². The van der Waals surface area contributed by atoms with E-state index in [1.807, 2.05) is 11.5 Å². The van der Waals surface area contributed by atoms with Gasteiger partial charge >= 0.3 is 0 Å². The summed E-state index contributed by atoms with van der Waals surface area (Å²) in [4.78, 5) is 4.06. The zero-order chi connectivity index (χ0) is 14.5. The molecule has 0 aliphatic carbocycles. The maximum absolute atomic E-state index is 13.8. The molecule has 0 saturated carbocycles. The third-order valence-corrected chi connectivity index (χ3v) is 2.94. The normalized spacial score (nSPS) is 10.8. The Balaban J connectivity index is 2.01. The number of benzene rings is 1. The van der Waals surface area contributed by atoms with Crippen LogP contribution in [-0.2, 0) is 13.1 Å². The van der Waals surface area contributed by atoms with Gasteiger partial charge in [-0.3, -0.25) is 0 Å². The summed E-state index contributed by atoms with van der Waals surface area (Å²) >= 11 is 0. The monoisotopic (exact) mass is 281 g/mol. The molecular formula is C14H17F2N3O. The Morgan fingerprint density at radius 2 is 2.00 bits per heavy atom. The highest BCUT2D eigenvalue weighted by atomic mass is 19.1. The summed E-state index contributed by atoms with van der Waals surface area (Å²) < 4.78 is 34.6. The number of halogens is 2. The maximum atomic E-state index is 13.8. The molecule has 0 saturated heterocycles. The quantitative estimate of drug-likeness (QED) is 0.883. The highest BCUT2D eigenvalue weighted by Crippen LogP contribution is 2.23. The van der Waals surface area contributed by atoms with Crippen LogP contribution >= 0.6 is 0 Å². The van der Waals surface area contributed by atoms with Crippen LogP contribution in [0.1, 0.15) is 11.4 Å². The highest BCUT2D eigenvalue weighted by molar-refractivity contribution is 5.31. The van der Waals surface area contributed by atoms with Crippen molar-refractivity contribution in [3.05, 3.63) is 47.5 Å². The number of nitrogens with one attached hydrogen (secondary N) is 1. The molecule has 1 heterocycles. The Labute approximate surface area is 116 Å². The van der Waals surface area contributed by atoms with E-state index in [2.05, 4.69) is 10.3 Å². The van der Waals surface area contributed by atoms with Gasteiger partial charge in [0.2, 0.25) is 0 Å². The van der Waals surface area contributed by atoms with E-state index in [-0.39, 0.29) is 12.4 Å². The van der Waals surface area contributed by atoms with Crippen LogP contribution in [0.5, 0.6) is 5.75 Å². The van der Waals surface area contributed by atoms with Crippen molar-refractivity contribution in [1.29, 1.82) is 0 Å². The Morgan fingerprint density at radius 3 is 2.55 bits per heavy atom. The zero-order valence-corrected chi connectivity index (χ0v) is 11.5. The minimum atomic E-state index is -0.683. The number of rotatable bonds is 6. The van der Waals surface area contributed by atoms with Crippen LogP contribution in [0, 0.1) is 18.6 Å².